The van der Waals surface area contributed by atoms with Crippen LogP contribution in [0.25, 0.3) is 0 Å². The topological polar surface area (TPSA) is 87.1 Å². The minimum Gasteiger partial charge on any atom is -0.484 e. The molecule has 0 spiro atoms. The maximum absolute atomic E-state index is 12.1. The van der Waals surface area contributed by atoms with Crippen LogP contribution in [0.4, 0.5) is 0 Å². The van der Waals surface area contributed by atoms with Gasteiger partial charge in [0.25, 0.3) is 0 Å². The minimum atomic E-state index is -0.828. The van der Waals surface area contributed by atoms with Gasteiger partial charge in [-0.3, -0.25) is 0 Å². The Kier molecular flexibility index (Phi) is 7.08. The third kappa shape index (κ3) is 5.67. The van der Waals surface area contributed by atoms with Gasteiger partial charge in [0.1, 0.15) is 18.1 Å². The summed E-state index contributed by atoms with van der Waals surface area (Å²) in [6.07, 6.45) is 0. The van der Waals surface area contributed by atoms with Crippen LogP contribution in [0.3, 0.4) is 0 Å². The van der Waals surface area contributed by atoms with Crippen LogP contribution in [0, 0.1) is 0 Å². The number of hydrogen-bond donors (Lipinski definition) is 1. The molecule has 0 aliphatic carbocycles. The molecular formula is C19H12BrCl3N2O4. The lowest BCUT2D eigenvalue weighted by Gasteiger charge is -2.06. The highest BCUT2D eigenvalue weighted by atomic mass is 79.9. The maximum Gasteiger partial charge on any atom is 0.400 e. The van der Waals surface area contributed by atoms with Crippen LogP contribution in [-0.4, -0.2) is 11.8 Å². The number of rotatable bonds is 6. The fourth-order valence-electron chi connectivity index (χ4n) is 2.19. The van der Waals surface area contributed by atoms with Gasteiger partial charge >= 0.3 is 5.97 Å². The van der Waals surface area contributed by atoms with Crippen molar-refractivity contribution in [1.29, 1.82) is 0 Å². The number of oxime groups is 1. The number of amidine groups is 1. The monoisotopic (exact) mass is 516 g/mol. The quantitative estimate of drug-likeness (QED) is 0.186. The second kappa shape index (κ2) is 9.54. The first kappa shape index (κ1) is 21.5. The smallest absolute Gasteiger partial charge is 0.400 e. The second-order valence-corrected chi connectivity index (χ2v) is 7.78. The summed E-state index contributed by atoms with van der Waals surface area (Å²) in [5, 5.41) is 4.75. The molecular weight excluding hydrogens is 506 g/mol. The summed E-state index contributed by atoms with van der Waals surface area (Å²) in [4.78, 5) is 16.9. The van der Waals surface area contributed by atoms with Gasteiger partial charge < -0.3 is 19.7 Å². The van der Waals surface area contributed by atoms with E-state index in [9.17, 15) is 4.79 Å². The highest BCUT2D eigenvalue weighted by Crippen LogP contribution is 2.28. The van der Waals surface area contributed by atoms with Crippen molar-refractivity contribution >= 4 is 62.5 Å². The van der Waals surface area contributed by atoms with Crippen molar-refractivity contribution < 1.29 is 18.8 Å². The normalized spacial score (nSPS) is 11.4. The summed E-state index contributed by atoms with van der Waals surface area (Å²) in [5.74, 6) is -0.100. The molecule has 2 aromatic carbocycles. The van der Waals surface area contributed by atoms with Crippen molar-refractivity contribution in [3.05, 3.63) is 85.2 Å². The van der Waals surface area contributed by atoms with Gasteiger partial charge in [-0.1, -0.05) is 55.9 Å². The third-order valence-corrected chi connectivity index (χ3v) is 4.90. The average molecular weight is 519 g/mol. The van der Waals surface area contributed by atoms with E-state index >= 15 is 0 Å². The Balaban J connectivity index is 1.61. The number of nitrogens with zero attached hydrogens (tertiary/aromatic N) is 1. The van der Waals surface area contributed by atoms with Crippen molar-refractivity contribution in [2.75, 3.05) is 0 Å². The lowest BCUT2D eigenvalue weighted by atomic mass is 10.2. The lowest BCUT2D eigenvalue weighted by molar-refractivity contribution is 0.0475. The van der Waals surface area contributed by atoms with Crippen LogP contribution in [0.1, 0.15) is 21.9 Å². The van der Waals surface area contributed by atoms with Crippen molar-refractivity contribution in [2.45, 2.75) is 6.61 Å². The molecule has 0 aliphatic rings. The van der Waals surface area contributed by atoms with Gasteiger partial charge in [0, 0.05) is 15.1 Å². The number of halogens is 4. The van der Waals surface area contributed by atoms with E-state index in [1.54, 1.807) is 36.4 Å². The molecule has 10 heteroatoms. The van der Waals surface area contributed by atoms with Gasteiger partial charge in [0.2, 0.25) is 5.76 Å². The molecule has 0 saturated heterocycles. The molecule has 3 aromatic rings. The van der Waals surface area contributed by atoms with E-state index in [1.165, 1.54) is 12.1 Å². The van der Waals surface area contributed by atoms with Crippen molar-refractivity contribution in [2.24, 2.45) is 10.9 Å². The van der Waals surface area contributed by atoms with E-state index < -0.39 is 5.97 Å². The van der Waals surface area contributed by atoms with Crippen molar-refractivity contribution in [1.82, 2.24) is 0 Å². The van der Waals surface area contributed by atoms with Gasteiger partial charge in [-0.25, -0.2) is 4.79 Å². The van der Waals surface area contributed by atoms with Crippen molar-refractivity contribution in [3.8, 4) is 5.75 Å². The molecule has 6 nitrogen and oxygen atoms in total. The zero-order valence-electron chi connectivity index (χ0n) is 14.5. The number of hydrogen-bond acceptors (Lipinski definition) is 5. The van der Waals surface area contributed by atoms with Crippen LogP contribution in [-0.2, 0) is 11.4 Å². The standard InChI is InChI=1S/C19H12BrCl3N2O4/c20-10-1-5-16(15(23)7-10)27-9-12-3-6-17(28-12)19(26)29-25-18(24)13-4-2-11(21)8-14(13)22/h1-8H,9H2,(H2,24,25). The van der Waals surface area contributed by atoms with Crippen LogP contribution < -0.4 is 10.5 Å². The molecule has 1 aromatic heterocycles. The molecule has 0 unspecified atom stereocenters. The zero-order chi connectivity index (χ0) is 21.0. The fraction of sp³-hybridized carbons (Fsp3) is 0.0526. The van der Waals surface area contributed by atoms with Crippen LogP contribution in [0.5, 0.6) is 5.75 Å². The molecule has 1 heterocycles. The molecule has 0 fully saturated rings. The van der Waals surface area contributed by atoms with Gasteiger partial charge in [-0.2, -0.15) is 0 Å². The van der Waals surface area contributed by atoms with Crippen LogP contribution >= 0.6 is 50.7 Å². The summed E-state index contributed by atoms with van der Waals surface area (Å²) in [5.41, 5.74) is 6.17. The highest BCUT2D eigenvalue weighted by Gasteiger charge is 2.15. The van der Waals surface area contributed by atoms with Crippen LogP contribution in [0.15, 0.2) is 62.6 Å². The average Bonchev–Trinajstić information content (AvgIpc) is 3.14. The number of nitrogens with two attached hydrogens (primary N) is 1. The molecule has 0 aliphatic heterocycles. The van der Waals surface area contributed by atoms with Crippen LogP contribution in [0.2, 0.25) is 15.1 Å². The molecule has 29 heavy (non-hydrogen) atoms. The molecule has 150 valence electrons. The predicted molar refractivity (Wildman–Crippen MR) is 115 cm³/mol. The van der Waals surface area contributed by atoms with Gasteiger partial charge in [-0.15, -0.1) is 0 Å². The second-order valence-electron chi connectivity index (χ2n) is 5.61. The van der Waals surface area contributed by atoms with E-state index in [0.29, 0.717) is 27.1 Å². The first-order valence-electron chi connectivity index (χ1n) is 8.00. The zero-order valence-corrected chi connectivity index (χ0v) is 18.3. The first-order valence-corrected chi connectivity index (χ1v) is 9.93. The highest BCUT2D eigenvalue weighted by molar-refractivity contribution is 9.10. The minimum absolute atomic E-state index is 0.0655. The number of benzene rings is 2. The summed E-state index contributed by atoms with van der Waals surface area (Å²) in [7, 11) is 0. The van der Waals surface area contributed by atoms with Gasteiger partial charge in [0.05, 0.1) is 10.0 Å². The van der Waals surface area contributed by atoms with Crippen molar-refractivity contribution in [3.63, 3.8) is 0 Å². The molecule has 3 rings (SSSR count). The van der Waals surface area contributed by atoms with Gasteiger partial charge in [-0.05, 0) is 48.5 Å². The molecule has 0 amide bonds. The summed E-state index contributed by atoms with van der Waals surface area (Å²) in [6, 6.07) is 12.9. The van der Waals surface area contributed by atoms with E-state index in [2.05, 4.69) is 21.1 Å². The summed E-state index contributed by atoms with van der Waals surface area (Å²) in [6.45, 7) is 0.0699. The Morgan fingerprint density at radius 1 is 1.07 bits per heavy atom. The predicted octanol–water partition coefficient (Wildman–Crippen LogP) is 6.06. The molecule has 0 saturated carbocycles. The number of carbonyl (C=O) groups is 1. The first-order chi connectivity index (χ1) is 13.8. The molecule has 0 bridgehead atoms. The fourth-order valence-corrected chi connectivity index (χ4v) is 3.42. The van der Waals surface area contributed by atoms with E-state index in [-0.39, 0.29) is 23.2 Å². The summed E-state index contributed by atoms with van der Waals surface area (Å²) < 4.78 is 11.8. The molecule has 2 N–H and O–H groups in total. The molecule has 0 atom stereocenters. The Morgan fingerprint density at radius 3 is 2.59 bits per heavy atom. The summed E-state index contributed by atoms with van der Waals surface area (Å²) >= 11 is 21.3. The number of ether oxygens (including phenoxy) is 1. The number of carbonyl (C=O) groups excluding carboxylic acids is 1. The number of furan rings is 1. The Labute approximate surface area is 189 Å². The van der Waals surface area contributed by atoms with Gasteiger partial charge in [0.15, 0.2) is 5.84 Å². The third-order valence-electron chi connectivity index (χ3n) is 3.56. The van der Waals surface area contributed by atoms with E-state index in [1.807, 2.05) is 0 Å². The Bertz CT molecular complexity index is 1090. The maximum atomic E-state index is 12.1. The lowest BCUT2D eigenvalue weighted by Crippen LogP contribution is -2.15. The van der Waals surface area contributed by atoms with E-state index in [4.69, 9.17) is 54.5 Å². The Morgan fingerprint density at radius 2 is 1.86 bits per heavy atom. The SMILES string of the molecule is N/C(=N\OC(=O)c1ccc(COc2ccc(Br)cc2Cl)o1)c1ccc(Cl)cc1Cl. The van der Waals surface area contributed by atoms with E-state index in [0.717, 1.165) is 4.47 Å². The largest absolute Gasteiger partial charge is 0.484 e. The molecule has 0 radical (unpaired) electrons. The Hall–Kier alpha value is -2.19.